The Morgan fingerprint density at radius 1 is 1.04 bits per heavy atom. The minimum Gasteiger partial charge on any atom is -0.360 e. The van der Waals surface area contributed by atoms with Gasteiger partial charge < -0.3 is 15.1 Å². The molecule has 150 valence electrons. The molecule has 7 nitrogen and oxygen atoms in total. The van der Waals surface area contributed by atoms with Gasteiger partial charge in [0.25, 0.3) is 5.91 Å². The van der Waals surface area contributed by atoms with Gasteiger partial charge in [-0.2, -0.15) is 0 Å². The van der Waals surface area contributed by atoms with E-state index >= 15 is 0 Å². The molecule has 8 heteroatoms. The Morgan fingerprint density at radius 3 is 2.29 bits per heavy atom. The zero-order valence-electron chi connectivity index (χ0n) is 15.8. The molecule has 28 heavy (non-hydrogen) atoms. The first kappa shape index (κ1) is 20.3. The summed E-state index contributed by atoms with van der Waals surface area (Å²) < 4.78 is 22.5. The number of nitrogens with one attached hydrogen (secondary N) is 2. The van der Waals surface area contributed by atoms with Gasteiger partial charge in [-0.15, -0.1) is 0 Å². The topological polar surface area (TPSA) is 96.9 Å². The van der Waals surface area contributed by atoms with Gasteiger partial charge in [-0.25, -0.2) is 13.6 Å². The Morgan fingerprint density at radius 2 is 1.68 bits per heavy atom. The van der Waals surface area contributed by atoms with Gasteiger partial charge >= 0.3 is 0 Å². The van der Waals surface area contributed by atoms with Crippen molar-refractivity contribution in [1.82, 2.24) is 5.32 Å². The molecule has 4 N–H and O–H groups in total. The lowest BCUT2D eigenvalue weighted by atomic mass is 10.1. The molecule has 0 aliphatic carbocycles. The number of carbonyl (C=O) groups excluding carboxylic acids is 1. The Kier molecular flexibility index (Phi) is 6.66. The average Bonchev–Trinajstić information content (AvgIpc) is 2.69. The lowest BCUT2D eigenvalue weighted by Crippen LogP contribution is -3.16. The third kappa shape index (κ3) is 5.79. The van der Waals surface area contributed by atoms with E-state index in [1.54, 1.807) is 12.1 Å². The third-order valence-electron chi connectivity index (χ3n) is 4.99. The highest BCUT2D eigenvalue weighted by molar-refractivity contribution is 7.89. The van der Waals surface area contributed by atoms with E-state index in [0.29, 0.717) is 19.5 Å². The summed E-state index contributed by atoms with van der Waals surface area (Å²) in [6.45, 7) is 4.78. The van der Waals surface area contributed by atoms with Crippen molar-refractivity contribution in [2.24, 2.45) is 5.14 Å². The SMILES string of the molecule is NS(=O)(=O)c1ccc(CCNC(=O)C[NH+]2CCN(c3ccccc3)CC2)cc1. The van der Waals surface area contributed by atoms with Gasteiger partial charge in [0.05, 0.1) is 31.1 Å². The molecule has 0 bridgehead atoms. The van der Waals surface area contributed by atoms with Crippen LogP contribution in [0.25, 0.3) is 0 Å². The standard InChI is InChI=1S/C20H26N4O3S/c21-28(26,27)19-8-6-17(7-9-19)10-11-22-20(25)16-23-12-14-24(15-13-23)18-4-2-1-3-5-18/h1-9H,10-16H2,(H,22,25)(H2,21,26,27)/p+1. The van der Waals surface area contributed by atoms with Crippen LogP contribution in [0.2, 0.25) is 0 Å². The third-order valence-corrected chi connectivity index (χ3v) is 5.92. The van der Waals surface area contributed by atoms with Gasteiger partial charge in [-0.1, -0.05) is 30.3 Å². The molecule has 2 aromatic rings. The monoisotopic (exact) mass is 403 g/mol. The van der Waals surface area contributed by atoms with Crippen molar-refractivity contribution in [2.45, 2.75) is 11.3 Å². The molecule has 1 aliphatic heterocycles. The molecular formula is C20H27N4O3S+. The number of benzene rings is 2. The number of nitrogens with two attached hydrogens (primary N) is 1. The van der Waals surface area contributed by atoms with Gasteiger partial charge in [0, 0.05) is 12.2 Å². The number of hydrogen-bond donors (Lipinski definition) is 3. The summed E-state index contributed by atoms with van der Waals surface area (Å²) in [6, 6.07) is 16.8. The molecule has 0 saturated carbocycles. The first-order valence-electron chi connectivity index (χ1n) is 9.44. The molecule has 0 atom stereocenters. The van der Waals surface area contributed by atoms with Crippen LogP contribution in [0.4, 0.5) is 5.69 Å². The predicted molar refractivity (Wildman–Crippen MR) is 109 cm³/mol. The fraction of sp³-hybridized carbons (Fsp3) is 0.350. The summed E-state index contributed by atoms with van der Waals surface area (Å²) in [5, 5.41) is 8.04. The highest BCUT2D eigenvalue weighted by Gasteiger charge is 2.22. The zero-order valence-corrected chi connectivity index (χ0v) is 16.6. The molecular weight excluding hydrogens is 376 g/mol. The van der Waals surface area contributed by atoms with Crippen LogP contribution in [0.15, 0.2) is 59.5 Å². The normalized spacial score (nSPS) is 15.4. The van der Waals surface area contributed by atoms with Gasteiger partial charge in [0.1, 0.15) is 0 Å². The number of amides is 1. The molecule has 0 aromatic heterocycles. The van der Waals surface area contributed by atoms with Crippen LogP contribution in [-0.4, -0.2) is 53.6 Å². The molecule has 1 saturated heterocycles. The Bertz CT molecular complexity index is 877. The second-order valence-electron chi connectivity index (χ2n) is 7.04. The summed E-state index contributed by atoms with van der Waals surface area (Å²) >= 11 is 0. The van der Waals surface area contributed by atoms with Crippen molar-refractivity contribution in [3.8, 4) is 0 Å². The number of carbonyl (C=O) groups is 1. The average molecular weight is 404 g/mol. The lowest BCUT2D eigenvalue weighted by molar-refractivity contribution is -0.892. The first-order chi connectivity index (χ1) is 13.4. The maximum atomic E-state index is 12.2. The Labute approximate surface area is 166 Å². The highest BCUT2D eigenvalue weighted by atomic mass is 32.2. The largest absolute Gasteiger partial charge is 0.360 e. The van der Waals surface area contributed by atoms with Crippen LogP contribution in [0.3, 0.4) is 0 Å². The van der Waals surface area contributed by atoms with E-state index < -0.39 is 10.0 Å². The number of nitrogens with zero attached hydrogens (tertiary/aromatic N) is 1. The fourth-order valence-corrected chi connectivity index (χ4v) is 3.89. The Hall–Kier alpha value is -2.42. The van der Waals surface area contributed by atoms with Crippen LogP contribution in [0.5, 0.6) is 0 Å². The Balaban J connectivity index is 1.37. The number of para-hydroxylation sites is 1. The molecule has 1 heterocycles. The number of piperazine rings is 1. The van der Waals surface area contributed by atoms with Crippen molar-refractivity contribution in [1.29, 1.82) is 0 Å². The van der Waals surface area contributed by atoms with Crippen LogP contribution in [0, 0.1) is 0 Å². The molecule has 3 rings (SSSR count). The van der Waals surface area contributed by atoms with Crippen molar-refractivity contribution >= 4 is 21.6 Å². The minimum absolute atomic E-state index is 0.0457. The van der Waals surface area contributed by atoms with Crippen LogP contribution >= 0.6 is 0 Å². The number of primary sulfonamides is 1. The van der Waals surface area contributed by atoms with E-state index in [1.807, 2.05) is 18.2 Å². The van der Waals surface area contributed by atoms with Crippen molar-refractivity contribution in [3.63, 3.8) is 0 Å². The summed E-state index contributed by atoms with van der Waals surface area (Å²) in [5.41, 5.74) is 2.19. The molecule has 0 spiro atoms. The van der Waals surface area contributed by atoms with Crippen molar-refractivity contribution in [3.05, 3.63) is 60.2 Å². The number of sulfonamides is 1. The fourth-order valence-electron chi connectivity index (χ4n) is 3.38. The van der Waals surface area contributed by atoms with E-state index in [1.165, 1.54) is 22.7 Å². The summed E-state index contributed by atoms with van der Waals surface area (Å²) in [7, 11) is -3.67. The lowest BCUT2D eigenvalue weighted by Gasteiger charge is -2.33. The van der Waals surface area contributed by atoms with E-state index in [-0.39, 0.29) is 10.8 Å². The molecule has 0 unspecified atom stereocenters. The van der Waals surface area contributed by atoms with Crippen LogP contribution in [0.1, 0.15) is 5.56 Å². The second kappa shape index (κ2) is 9.18. The summed E-state index contributed by atoms with van der Waals surface area (Å²) in [6.07, 6.45) is 0.647. The van der Waals surface area contributed by atoms with Crippen LogP contribution < -0.4 is 20.3 Å². The molecule has 0 radical (unpaired) electrons. The number of rotatable bonds is 7. The van der Waals surface area contributed by atoms with Crippen LogP contribution in [-0.2, 0) is 21.2 Å². The number of hydrogen-bond acceptors (Lipinski definition) is 4. The van der Waals surface area contributed by atoms with E-state index in [0.717, 1.165) is 31.7 Å². The van der Waals surface area contributed by atoms with Gasteiger partial charge in [-0.3, -0.25) is 4.79 Å². The molecule has 1 fully saturated rings. The first-order valence-corrected chi connectivity index (χ1v) is 11.0. The maximum absolute atomic E-state index is 12.2. The predicted octanol–water partition coefficient (Wildman–Crippen LogP) is -0.602. The smallest absolute Gasteiger partial charge is 0.275 e. The molecule has 1 aliphatic rings. The quantitative estimate of drug-likeness (QED) is 0.575. The van der Waals surface area contributed by atoms with Crippen molar-refractivity contribution in [2.75, 3.05) is 44.2 Å². The van der Waals surface area contributed by atoms with E-state index in [9.17, 15) is 13.2 Å². The van der Waals surface area contributed by atoms with Crippen molar-refractivity contribution < 1.29 is 18.1 Å². The van der Waals surface area contributed by atoms with E-state index in [2.05, 4.69) is 22.3 Å². The number of quaternary nitrogens is 1. The molecule has 1 amide bonds. The highest BCUT2D eigenvalue weighted by Crippen LogP contribution is 2.12. The summed E-state index contributed by atoms with van der Waals surface area (Å²) in [4.78, 5) is 15.9. The van der Waals surface area contributed by atoms with Gasteiger partial charge in [0.15, 0.2) is 6.54 Å². The minimum atomic E-state index is -3.67. The molecule has 2 aromatic carbocycles. The number of anilines is 1. The van der Waals surface area contributed by atoms with Gasteiger partial charge in [-0.05, 0) is 36.2 Å². The maximum Gasteiger partial charge on any atom is 0.275 e. The summed E-state index contributed by atoms with van der Waals surface area (Å²) in [5.74, 6) is 0.0457. The zero-order chi connectivity index (χ0) is 20.0. The van der Waals surface area contributed by atoms with E-state index in [4.69, 9.17) is 5.14 Å². The second-order valence-corrected chi connectivity index (χ2v) is 8.60. The van der Waals surface area contributed by atoms with Gasteiger partial charge in [0.2, 0.25) is 10.0 Å².